The fourth-order valence-electron chi connectivity index (χ4n) is 6.08. The van der Waals surface area contributed by atoms with Gasteiger partial charge in [0.05, 0.1) is 31.1 Å². The van der Waals surface area contributed by atoms with Crippen LogP contribution in [-0.2, 0) is 20.8 Å². The molecule has 0 bridgehead atoms. The van der Waals surface area contributed by atoms with Crippen LogP contribution in [0.4, 0.5) is 0 Å². The van der Waals surface area contributed by atoms with Crippen molar-refractivity contribution in [1.29, 1.82) is 0 Å². The smallest absolute Gasteiger partial charge is 0.310 e. The van der Waals surface area contributed by atoms with Crippen molar-refractivity contribution in [3.8, 4) is 5.75 Å². The van der Waals surface area contributed by atoms with Gasteiger partial charge in [-0.25, -0.2) is 4.68 Å². The highest BCUT2D eigenvalue weighted by atomic mass is 28.3. The monoisotopic (exact) mass is 605 g/mol. The number of fused-ring (bicyclic) bond motifs is 1. The second-order valence-corrected chi connectivity index (χ2v) is 18.9. The zero-order chi connectivity index (χ0) is 30.6. The van der Waals surface area contributed by atoms with Crippen LogP contribution in [0.3, 0.4) is 0 Å². The Kier molecular flexibility index (Phi) is 9.76. The van der Waals surface area contributed by atoms with Crippen LogP contribution >= 0.6 is 0 Å². The van der Waals surface area contributed by atoms with Crippen LogP contribution in [0.25, 0.3) is 10.9 Å². The summed E-state index contributed by atoms with van der Waals surface area (Å²) in [5.41, 5.74) is 1.79. The Morgan fingerprint density at radius 3 is 2.49 bits per heavy atom. The van der Waals surface area contributed by atoms with Crippen molar-refractivity contribution >= 4 is 30.7 Å². The number of esters is 1. The lowest BCUT2D eigenvalue weighted by Gasteiger charge is -2.24. The molecule has 3 atom stereocenters. The topological polar surface area (TPSA) is 110 Å². The summed E-state index contributed by atoms with van der Waals surface area (Å²) < 4.78 is 18.6. The molecule has 2 aliphatic rings. The largest absolute Gasteiger partial charge is 0.493 e. The van der Waals surface area contributed by atoms with Crippen molar-refractivity contribution in [3.63, 3.8) is 0 Å². The average molecular weight is 606 g/mol. The van der Waals surface area contributed by atoms with Crippen molar-refractivity contribution in [2.75, 3.05) is 26.4 Å². The van der Waals surface area contributed by atoms with Gasteiger partial charge in [-0.15, -0.1) is 5.10 Å². The van der Waals surface area contributed by atoms with Gasteiger partial charge in [0.15, 0.2) is 5.78 Å². The molecule has 1 saturated carbocycles. The molecule has 10 heteroatoms. The molecule has 0 N–H and O–H groups in total. The van der Waals surface area contributed by atoms with Gasteiger partial charge in [-0.3, -0.25) is 14.4 Å². The normalized spacial score (nSPS) is 21.2. The highest BCUT2D eigenvalue weighted by Crippen LogP contribution is 2.41. The van der Waals surface area contributed by atoms with E-state index in [0.29, 0.717) is 48.4 Å². The summed E-state index contributed by atoms with van der Waals surface area (Å²) >= 11 is 0. The van der Waals surface area contributed by atoms with Gasteiger partial charge in [0, 0.05) is 32.8 Å². The van der Waals surface area contributed by atoms with Crippen LogP contribution in [0.1, 0.15) is 41.6 Å². The summed E-state index contributed by atoms with van der Waals surface area (Å²) in [4.78, 5) is 40.7. The molecular formula is C33H43N3O6Si. The molecule has 3 aromatic rings. The summed E-state index contributed by atoms with van der Waals surface area (Å²) in [5.74, 6) is -0.734. The maximum Gasteiger partial charge on any atom is 0.310 e. The second-order valence-electron chi connectivity index (χ2n) is 13.3. The van der Waals surface area contributed by atoms with E-state index in [2.05, 4.69) is 30.0 Å². The quantitative estimate of drug-likeness (QED) is 0.164. The number of hydrogen-bond donors (Lipinski definition) is 0. The number of aromatic nitrogens is 3. The lowest BCUT2D eigenvalue weighted by atomic mass is 9.84. The van der Waals surface area contributed by atoms with Crippen molar-refractivity contribution < 1.29 is 23.8 Å². The van der Waals surface area contributed by atoms with Gasteiger partial charge < -0.3 is 14.2 Å². The fraction of sp³-hybridized carbons (Fsp3) is 0.545. The van der Waals surface area contributed by atoms with Crippen LogP contribution in [0.2, 0.25) is 25.7 Å². The van der Waals surface area contributed by atoms with Crippen LogP contribution in [0, 0.1) is 30.6 Å². The van der Waals surface area contributed by atoms with Gasteiger partial charge in [-0.2, -0.15) is 0 Å². The number of Topliss-reactive ketones (excluding diaryl/α,β-unsaturated/α-hetero) is 1. The number of carbonyl (C=O) groups excluding carboxylic acids is 2. The summed E-state index contributed by atoms with van der Waals surface area (Å²) in [5, 5.41) is 8.92. The maximum atomic E-state index is 13.8. The highest BCUT2D eigenvalue weighted by molar-refractivity contribution is 6.76. The van der Waals surface area contributed by atoms with Gasteiger partial charge in [-0.05, 0) is 86.9 Å². The van der Waals surface area contributed by atoms with Crippen LogP contribution in [-0.4, -0.2) is 61.2 Å². The van der Waals surface area contributed by atoms with E-state index in [4.69, 9.17) is 14.2 Å². The summed E-state index contributed by atoms with van der Waals surface area (Å²) in [6.07, 6.45) is 3.13. The molecule has 43 heavy (non-hydrogen) atoms. The minimum atomic E-state index is -1.42. The van der Waals surface area contributed by atoms with E-state index >= 15 is 0 Å². The van der Waals surface area contributed by atoms with Gasteiger partial charge in [0.2, 0.25) is 0 Å². The van der Waals surface area contributed by atoms with E-state index < -0.39 is 19.9 Å². The van der Waals surface area contributed by atoms with E-state index in [1.54, 1.807) is 18.2 Å². The van der Waals surface area contributed by atoms with Crippen molar-refractivity contribution in [3.05, 3.63) is 63.9 Å². The Balaban J connectivity index is 1.33. The zero-order valence-electron chi connectivity index (χ0n) is 25.7. The Bertz CT molecular complexity index is 1490. The Hall–Kier alpha value is -3.37. The molecular weight excluding hydrogens is 562 g/mol. The van der Waals surface area contributed by atoms with Crippen molar-refractivity contribution in [2.24, 2.45) is 23.7 Å². The molecule has 1 saturated heterocycles. The highest BCUT2D eigenvalue weighted by Gasteiger charge is 2.46. The number of rotatable bonds is 11. The van der Waals surface area contributed by atoms with E-state index in [9.17, 15) is 14.4 Å². The number of ketones is 1. The molecule has 5 rings (SSSR count). The first-order valence-corrected chi connectivity index (χ1v) is 19.2. The van der Waals surface area contributed by atoms with E-state index in [1.165, 1.54) is 4.68 Å². The number of hydrogen-bond acceptors (Lipinski definition) is 8. The fourth-order valence-corrected chi connectivity index (χ4v) is 6.79. The number of aryl methyl sites for hydroxylation is 1. The first kappa shape index (κ1) is 31.1. The SMILES string of the molecule is Cc1ccc2nnn(C[C@@H]3CC[C@H](C(=O)c4ccc(OCC5CCOCC5)cc4)[C@H]3C(=O)OCC[Si](C)(C)C)c(=O)c2c1. The van der Waals surface area contributed by atoms with Crippen LogP contribution in [0.15, 0.2) is 47.3 Å². The molecule has 2 fully saturated rings. The molecule has 0 unspecified atom stereocenters. The molecule has 2 heterocycles. The molecule has 9 nitrogen and oxygen atoms in total. The minimum absolute atomic E-state index is 0.0850. The number of benzene rings is 2. The molecule has 1 aromatic heterocycles. The predicted molar refractivity (Wildman–Crippen MR) is 167 cm³/mol. The predicted octanol–water partition coefficient (Wildman–Crippen LogP) is 5.31. The Morgan fingerprint density at radius 1 is 1.02 bits per heavy atom. The standard InChI is InChI=1S/C33H43N3O6Si/c1-22-5-12-29-28(19-22)32(38)36(35-34-29)20-25-8-11-27(30(25)33(39)41-17-18-43(2,3)4)31(37)24-6-9-26(10-7-24)42-21-23-13-15-40-16-14-23/h5-7,9-10,12,19,23,25,27,30H,8,11,13-18,20-21H2,1-4H3/t25-,27-,30-/m0/s1. The van der Waals surface area contributed by atoms with Crippen molar-refractivity contribution in [2.45, 2.75) is 64.8 Å². The van der Waals surface area contributed by atoms with E-state index in [1.807, 2.05) is 31.2 Å². The molecule has 0 radical (unpaired) electrons. The maximum absolute atomic E-state index is 13.8. The third-order valence-corrected chi connectivity index (χ3v) is 10.4. The molecule has 1 aliphatic carbocycles. The zero-order valence-corrected chi connectivity index (χ0v) is 26.7. The number of nitrogens with zero attached hydrogens (tertiary/aromatic N) is 3. The van der Waals surface area contributed by atoms with Gasteiger partial charge in [0.25, 0.3) is 5.56 Å². The van der Waals surface area contributed by atoms with Crippen molar-refractivity contribution in [1.82, 2.24) is 15.0 Å². The first-order valence-electron chi connectivity index (χ1n) is 15.4. The summed E-state index contributed by atoms with van der Waals surface area (Å²) in [7, 11) is -1.42. The second kappa shape index (κ2) is 13.5. The Morgan fingerprint density at radius 2 is 1.77 bits per heavy atom. The average Bonchev–Trinajstić information content (AvgIpc) is 3.41. The number of ether oxygens (including phenoxy) is 3. The van der Waals surface area contributed by atoms with Crippen LogP contribution in [0.5, 0.6) is 5.75 Å². The van der Waals surface area contributed by atoms with Gasteiger partial charge in [-0.1, -0.05) is 36.5 Å². The third kappa shape index (κ3) is 7.78. The third-order valence-electron chi connectivity index (χ3n) is 8.75. The summed E-state index contributed by atoms with van der Waals surface area (Å²) in [6, 6.07) is 13.5. The number of carbonyl (C=O) groups is 2. The van der Waals surface area contributed by atoms with Crippen LogP contribution < -0.4 is 10.3 Å². The van der Waals surface area contributed by atoms with Gasteiger partial charge in [0.1, 0.15) is 11.3 Å². The molecule has 2 aromatic carbocycles. The summed E-state index contributed by atoms with van der Waals surface area (Å²) in [6.45, 7) is 11.3. The molecule has 0 amide bonds. The molecule has 230 valence electrons. The lowest BCUT2D eigenvalue weighted by molar-refractivity contribution is -0.150. The van der Waals surface area contributed by atoms with E-state index in [0.717, 1.165) is 43.4 Å². The van der Waals surface area contributed by atoms with E-state index in [-0.39, 0.29) is 29.8 Å². The van der Waals surface area contributed by atoms with Gasteiger partial charge >= 0.3 is 5.97 Å². The minimum Gasteiger partial charge on any atom is -0.493 e. The molecule has 1 aliphatic heterocycles. The first-order chi connectivity index (χ1) is 20.6. The Labute approximate surface area is 253 Å². The lowest BCUT2D eigenvalue weighted by Crippen LogP contribution is -2.36. The molecule has 0 spiro atoms.